The molecule has 6 nitrogen and oxygen atoms in total. The van der Waals surface area contributed by atoms with Gasteiger partial charge in [-0.3, -0.25) is 4.68 Å². The molecule has 0 fully saturated rings. The van der Waals surface area contributed by atoms with E-state index in [9.17, 15) is 8.42 Å². The Balaban J connectivity index is 2.30. The molecule has 1 atom stereocenters. The SMILES string of the molecule is CCCNCC(C)S(=O)(=O)NCCn1cccn1. The molecule has 1 aromatic rings. The molecule has 0 radical (unpaired) electrons. The molecule has 0 amide bonds. The molecule has 0 saturated carbocycles. The highest BCUT2D eigenvalue weighted by Crippen LogP contribution is 1.96. The van der Waals surface area contributed by atoms with Crippen molar-refractivity contribution in [1.29, 1.82) is 0 Å². The van der Waals surface area contributed by atoms with Crippen molar-refractivity contribution in [2.75, 3.05) is 19.6 Å². The molecule has 0 bridgehead atoms. The van der Waals surface area contributed by atoms with Crippen LogP contribution in [0.1, 0.15) is 20.3 Å². The second-order valence-electron chi connectivity index (χ2n) is 4.22. The van der Waals surface area contributed by atoms with E-state index in [1.54, 1.807) is 24.0 Å². The summed E-state index contributed by atoms with van der Waals surface area (Å²) in [4.78, 5) is 0. The van der Waals surface area contributed by atoms with Gasteiger partial charge in [-0.05, 0) is 26.0 Å². The smallest absolute Gasteiger partial charge is 0.215 e. The van der Waals surface area contributed by atoms with Crippen molar-refractivity contribution in [3.63, 3.8) is 0 Å². The largest absolute Gasteiger partial charge is 0.315 e. The van der Waals surface area contributed by atoms with Gasteiger partial charge in [-0.2, -0.15) is 5.10 Å². The first kappa shape index (κ1) is 15.1. The molecule has 1 aromatic heterocycles. The average Bonchev–Trinajstić information content (AvgIpc) is 2.82. The van der Waals surface area contributed by atoms with Gasteiger partial charge in [0.05, 0.1) is 11.8 Å². The van der Waals surface area contributed by atoms with Gasteiger partial charge < -0.3 is 5.32 Å². The minimum absolute atomic E-state index is 0.363. The van der Waals surface area contributed by atoms with E-state index in [4.69, 9.17) is 0 Å². The van der Waals surface area contributed by atoms with Crippen LogP contribution in [-0.4, -0.2) is 43.1 Å². The fraction of sp³-hybridized carbons (Fsp3) is 0.727. The normalized spacial score (nSPS) is 13.7. The number of hydrogen-bond donors (Lipinski definition) is 2. The molecule has 1 rings (SSSR count). The standard InChI is InChI=1S/C11H22N4O2S/c1-3-5-12-10-11(2)18(16,17)14-7-9-15-8-4-6-13-15/h4,6,8,11-12,14H,3,5,7,9-10H2,1-2H3. The predicted octanol–water partition coefficient (Wildman–Crippen LogP) is 0.191. The van der Waals surface area contributed by atoms with Crippen LogP contribution in [0, 0.1) is 0 Å². The second kappa shape index (κ2) is 7.50. The lowest BCUT2D eigenvalue weighted by Gasteiger charge is -2.14. The molecule has 0 aliphatic heterocycles. The van der Waals surface area contributed by atoms with Gasteiger partial charge >= 0.3 is 0 Å². The second-order valence-corrected chi connectivity index (χ2v) is 6.41. The van der Waals surface area contributed by atoms with E-state index < -0.39 is 15.3 Å². The summed E-state index contributed by atoms with van der Waals surface area (Å²) < 4.78 is 28.0. The summed E-state index contributed by atoms with van der Waals surface area (Å²) in [5.41, 5.74) is 0. The highest BCUT2D eigenvalue weighted by atomic mass is 32.2. The highest BCUT2D eigenvalue weighted by molar-refractivity contribution is 7.90. The van der Waals surface area contributed by atoms with Crippen LogP contribution in [0.5, 0.6) is 0 Å². The molecule has 0 aliphatic carbocycles. The topological polar surface area (TPSA) is 76.0 Å². The maximum absolute atomic E-state index is 11.9. The molecule has 7 heteroatoms. The van der Waals surface area contributed by atoms with Gasteiger partial charge in [-0.25, -0.2) is 13.1 Å². The Hall–Kier alpha value is -0.920. The fourth-order valence-corrected chi connectivity index (χ4v) is 2.47. The maximum atomic E-state index is 11.9. The zero-order chi connectivity index (χ0) is 13.4. The summed E-state index contributed by atoms with van der Waals surface area (Å²) >= 11 is 0. The number of rotatable bonds is 9. The van der Waals surface area contributed by atoms with Crippen molar-refractivity contribution in [2.24, 2.45) is 0 Å². The third-order valence-corrected chi connectivity index (χ3v) is 4.42. The first-order valence-electron chi connectivity index (χ1n) is 6.23. The average molecular weight is 274 g/mol. The van der Waals surface area contributed by atoms with E-state index in [2.05, 4.69) is 22.1 Å². The third-order valence-electron chi connectivity index (χ3n) is 2.59. The Kier molecular flexibility index (Phi) is 6.31. The van der Waals surface area contributed by atoms with Crippen molar-refractivity contribution in [3.8, 4) is 0 Å². The summed E-state index contributed by atoms with van der Waals surface area (Å²) in [6.07, 6.45) is 4.48. The van der Waals surface area contributed by atoms with E-state index in [0.29, 0.717) is 19.6 Å². The van der Waals surface area contributed by atoms with Crippen molar-refractivity contribution in [3.05, 3.63) is 18.5 Å². The molecular weight excluding hydrogens is 252 g/mol. The van der Waals surface area contributed by atoms with Gasteiger partial charge in [0.1, 0.15) is 0 Å². The first-order valence-corrected chi connectivity index (χ1v) is 7.77. The van der Waals surface area contributed by atoms with Crippen molar-refractivity contribution < 1.29 is 8.42 Å². The van der Waals surface area contributed by atoms with Crippen LogP contribution in [0.25, 0.3) is 0 Å². The Morgan fingerprint density at radius 3 is 2.78 bits per heavy atom. The molecule has 1 unspecified atom stereocenters. The highest BCUT2D eigenvalue weighted by Gasteiger charge is 2.19. The first-order chi connectivity index (χ1) is 8.56. The van der Waals surface area contributed by atoms with Crippen LogP contribution < -0.4 is 10.0 Å². The zero-order valence-corrected chi connectivity index (χ0v) is 11.8. The van der Waals surface area contributed by atoms with Gasteiger partial charge in [-0.1, -0.05) is 6.92 Å². The van der Waals surface area contributed by atoms with Crippen LogP contribution >= 0.6 is 0 Å². The lowest BCUT2D eigenvalue weighted by Crippen LogP contribution is -2.40. The third kappa shape index (κ3) is 5.16. The lowest BCUT2D eigenvalue weighted by molar-refractivity contribution is 0.543. The lowest BCUT2D eigenvalue weighted by atomic mass is 10.4. The van der Waals surface area contributed by atoms with Gasteiger partial charge in [0, 0.05) is 25.5 Å². The van der Waals surface area contributed by atoms with E-state index in [0.717, 1.165) is 13.0 Å². The van der Waals surface area contributed by atoms with Crippen LogP contribution in [0.4, 0.5) is 0 Å². The number of nitrogens with one attached hydrogen (secondary N) is 2. The summed E-state index contributed by atoms with van der Waals surface area (Å²) in [6, 6.07) is 1.81. The molecule has 104 valence electrons. The molecule has 0 spiro atoms. The van der Waals surface area contributed by atoms with Gasteiger partial charge in [0.15, 0.2) is 0 Å². The monoisotopic (exact) mass is 274 g/mol. The molecule has 1 heterocycles. The van der Waals surface area contributed by atoms with Gasteiger partial charge in [0.25, 0.3) is 0 Å². The zero-order valence-electron chi connectivity index (χ0n) is 11.0. The minimum Gasteiger partial charge on any atom is -0.315 e. The molecule has 0 aromatic carbocycles. The van der Waals surface area contributed by atoms with Crippen LogP contribution in [0.3, 0.4) is 0 Å². The molecule has 0 aliphatic rings. The maximum Gasteiger partial charge on any atom is 0.215 e. The summed E-state index contributed by atoms with van der Waals surface area (Å²) in [7, 11) is -3.25. The molecule has 0 saturated heterocycles. The molecular formula is C11H22N4O2S. The van der Waals surface area contributed by atoms with Crippen LogP contribution in [-0.2, 0) is 16.6 Å². The number of aromatic nitrogens is 2. The van der Waals surface area contributed by atoms with Crippen LogP contribution in [0.15, 0.2) is 18.5 Å². The van der Waals surface area contributed by atoms with Gasteiger partial charge in [0.2, 0.25) is 10.0 Å². The number of hydrogen-bond acceptors (Lipinski definition) is 4. The quantitative estimate of drug-likeness (QED) is 0.630. The Bertz CT molecular complexity index is 416. The van der Waals surface area contributed by atoms with Crippen molar-refractivity contribution >= 4 is 10.0 Å². The Morgan fingerprint density at radius 2 is 2.17 bits per heavy atom. The Labute approximate surface area is 109 Å². The van der Waals surface area contributed by atoms with E-state index in [1.165, 1.54) is 0 Å². The summed E-state index contributed by atoms with van der Waals surface area (Å²) in [6.45, 7) is 5.98. The van der Waals surface area contributed by atoms with Crippen molar-refractivity contribution in [1.82, 2.24) is 19.8 Å². The molecule has 2 N–H and O–H groups in total. The van der Waals surface area contributed by atoms with E-state index in [-0.39, 0.29) is 0 Å². The summed E-state index contributed by atoms with van der Waals surface area (Å²) in [5.74, 6) is 0. The Morgan fingerprint density at radius 1 is 1.39 bits per heavy atom. The number of sulfonamides is 1. The minimum atomic E-state index is -3.25. The van der Waals surface area contributed by atoms with Crippen LogP contribution in [0.2, 0.25) is 0 Å². The predicted molar refractivity (Wildman–Crippen MR) is 71.8 cm³/mol. The van der Waals surface area contributed by atoms with Gasteiger partial charge in [-0.15, -0.1) is 0 Å². The molecule has 18 heavy (non-hydrogen) atoms. The number of nitrogens with zero attached hydrogens (tertiary/aromatic N) is 2. The van der Waals surface area contributed by atoms with E-state index in [1.807, 2.05) is 6.07 Å². The van der Waals surface area contributed by atoms with Crippen molar-refractivity contribution in [2.45, 2.75) is 32.1 Å². The summed E-state index contributed by atoms with van der Waals surface area (Å²) in [5, 5.41) is 6.69. The fourth-order valence-electron chi connectivity index (χ4n) is 1.47. The van der Waals surface area contributed by atoms with E-state index >= 15 is 0 Å².